The highest BCUT2D eigenvalue weighted by atomic mass is 35.5. The van der Waals surface area contributed by atoms with Gasteiger partial charge in [-0.2, -0.15) is 0 Å². The lowest BCUT2D eigenvalue weighted by molar-refractivity contribution is 0.0923. The number of carbonyl (C=O) groups is 1. The molecule has 202 valence electrons. The third-order valence-electron chi connectivity index (χ3n) is 7.52. The van der Waals surface area contributed by atoms with E-state index in [1.807, 2.05) is 23.6 Å². The number of aromatic nitrogens is 1. The number of hydrogen-bond acceptors (Lipinski definition) is 4. The van der Waals surface area contributed by atoms with Crippen molar-refractivity contribution in [2.75, 3.05) is 6.54 Å². The van der Waals surface area contributed by atoms with Crippen LogP contribution in [0, 0.1) is 0 Å². The molecule has 0 atom stereocenters. The van der Waals surface area contributed by atoms with Gasteiger partial charge in [-0.25, -0.2) is 4.98 Å². The number of hydrogen-bond donors (Lipinski definition) is 1. The smallest absolute Gasteiger partial charge is 0.270 e. The molecule has 4 aromatic rings. The molecule has 4 nitrogen and oxygen atoms in total. The summed E-state index contributed by atoms with van der Waals surface area (Å²) in [6, 6.07) is 29.8. The first kappa shape index (κ1) is 27.6. The molecule has 0 aliphatic heterocycles. The van der Waals surface area contributed by atoms with E-state index >= 15 is 0 Å². The maximum absolute atomic E-state index is 12.9. The van der Waals surface area contributed by atoms with Gasteiger partial charge in [0.2, 0.25) is 0 Å². The molecule has 39 heavy (non-hydrogen) atoms. The van der Waals surface area contributed by atoms with Gasteiger partial charge in [-0.15, -0.1) is 11.3 Å². The van der Waals surface area contributed by atoms with Crippen LogP contribution in [0.3, 0.4) is 0 Å². The van der Waals surface area contributed by atoms with E-state index in [0.29, 0.717) is 18.2 Å². The average Bonchev–Trinajstić information content (AvgIpc) is 3.44. The molecule has 1 N–H and O–H groups in total. The molecule has 0 radical (unpaired) electrons. The zero-order valence-electron chi connectivity index (χ0n) is 22.3. The maximum Gasteiger partial charge on any atom is 0.270 e. The second-order valence-corrected chi connectivity index (χ2v) is 11.8. The number of carbonyl (C=O) groups excluding carboxylic acids is 1. The Balaban J connectivity index is 1.31. The minimum atomic E-state index is -0.0426. The van der Waals surface area contributed by atoms with E-state index < -0.39 is 0 Å². The molecule has 1 aliphatic carbocycles. The molecule has 1 aromatic heterocycles. The van der Waals surface area contributed by atoms with Gasteiger partial charge in [0.15, 0.2) is 0 Å². The van der Waals surface area contributed by atoms with Crippen LogP contribution in [-0.2, 0) is 13.1 Å². The van der Waals surface area contributed by atoms with E-state index in [9.17, 15) is 4.79 Å². The Hall–Kier alpha value is -2.99. The highest BCUT2D eigenvalue weighted by Crippen LogP contribution is 2.29. The van der Waals surface area contributed by atoms with Crippen molar-refractivity contribution in [1.29, 1.82) is 0 Å². The molecule has 1 fully saturated rings. The Kier molecular flexibility index (Phi) is 9.81. The summed E-state index contributed by atoms with van der Waals surface area (Å²) in [6.45, 7) is 2.33. The van der Waals surface area contributed by atoms with Crippen molar-refractivity contribution in [2.45, 2.75) is 63.6 Å². The summed E-state index contributed by atoms with van der Waals surface area (Å²) in [5.41, 5.74) is 4.35. The predicted molar refractivity (Wildman–Crippen MR) is 161 cm³/mol. The topological polar surface area (TPSA) is 45.2 Å². The van der Waals surface area contributed by atoms with Crippen molar-refractivity contribution >= 4 is 28.8 Å². The van der Waals surface area contributed by atoms with Crippen molar-refractivity contribution < 1.29 is 4.79 Å². The van der Waals surface area contributed by atoms with E-state index in [1.54, 1.807) is 11.3 Å². The quantitative estimate of drug-likeness (QED) is 0.203. The molecule has 1 heterocycles. The van der Waals surface area contributed by atoms with Crippen molar-refractivity contribution in [3.05, 3.63) is 123 Å². The lowest BCUT2D eigenvalue weighted by atomic mass is 9.88. The Morgan fingerprint density at radius 2 is 1.62 bits per heavy atom. The number of rotatable bonds is 11. The minimum Gasteiger partial charge on any atom is -0.348 e. The highest BCUT2D eigenvalue weighted by Gasteiger charge is 2.20. The Bertz CT molecular complexity index is 1280. The molecule has 1 saturated carbocycles. The summed E-state index contributed by atoms with van der Waals surface area (Å²) in [5.74, 6) is 0.251. The van der Waals surface area contributed by atoms with Crippen LogP contribution < -0.4 is 5.32 Å². The van der Waals surface area contributed by atoms with Gasteiger partial charge in [0.05, 0.1) is 6.54 Å². The van der Waals surface area contributed by atoms with Crippen LogP contribution >= 0.6 is 22.9 Å². The fourth-order valence-corrected chi connectivity index (χ4v) is 6.53. The van der Waals surface area contributed by atoms with Gasteiger partial charge >= 0.3 is 0 Å². The van der Waals surface area contributed by atoms with Crippen molar-refractivity contribution in [1.82, 2.24) is 15.2 Å². The molecule has 5 rings (SSSR count). The molecule has 0 unspecified atom stereocenters. The Morgan fingerprint density at radius 3 is 2.28 bits per heavy atom. The van der Waals surface area contributed by atoms with E-state index in [0.717, 1.165) is 42.4 Å². The lowest BCUT2D eigenvalue weighted by Crippen LogP contribution is -2.36. The van der Waals surface area contributed by atoms with E-state index in [-0.39, 0.29) is 11.9 Å². The summed E-state index contributed by atoms with van der Waals surface area (Å²) in [7, 11) is 0. The van der Waals surface area contributed by atoms with Gasteiger partial charge in [-0.1, -0.05) is 104 Å². The molecule has 1 amide bonds. The largest absolute Gasteiger partial charge is 0.348 e. The normalized spacial score (nSPS) is 14.1. The molecule has 1 aliphatic rings. The maximum atomic E-state index is 12.9. The second-order valence-electron chi connectivity index (χ2n) is 10.4. The molecule has 3 aromatic carbocycles. The van der Waals surface area contributed by atoms with E-state index in [4.69, 9.17) is 16.6 Å². The van der Waals surface area contributed by atoms with Crippen LogP contribution in [0.25, 0.3) is 0 Å². The monoisotopic (exact) mass is 557 g/mol. The number of thiazole rings is 1. The standard InChI is InChI=1S/C33H36ClN3OS/c34-28-16-10-11-25(21-28)22-37(20-19-30(26-12-4-1-5-13-26)27-14-6-2-7-15-27)23-32-36-31(24-39-32)33(38)35-29-17-8-3-9-18-29/h1-2,4-7,10-16,21,24,29-30H,3,8-9,17-20,22-23H2,(H,35,38). The number of nitrogens with one attached hydrogen (secondary N) is 1. The fourth-order valence-electron chi connectivity index (χ4n) is 5.50. The van der Waals surface area contributed by atoms with Gasteiger partial charge in [0.25, 0.3) is 5.91 Å². The second kappa shape index (κ2) is 13.9. The summed E-state index contributed by atoms with van der Waals surface area (Å²) in [5, 5.41) is 6.81. The summed E-state index contributed by atoms with van der Waals surface area (Å²) in [6.07, 6.45) is 6.76. The van der Waals surface area contributed by atoms with Crippen LogP contribution in [-0.4, -0.2) is 28.4 Å². The predicted octanol–water partition coefficient (Wildman–Crippen LogP) is 8.08. The highest BCUT2D eigenvalue weighted by molar-refractivity contribution is 7.09. The molecule has 6 heteroatoms. The van der Waals surface area contributed by atoms with Gasteiger partial charge in [0, 0.05) is 28.9 Å². The Labute approximate surface area is 241 Å². The van der Waals surface area contributed by atoms with Crippen LogP contribution in [0.2, 0.25) is 5.02 Å². The summed E-state index contributed by atoms with van der Waals surface area (Å²) in [4.78, 5) is 20.1. The van der Waals surface area contributed by atoms with Gasteiger partial charge in [-0.05, 0) is 54.6 Å². The van der Waals surface area contributed by atoms with Crippen LogP contribution in [0.4, 0.5) is 0 Å². The first-order valence-electron chi connectivity index (χ1n) is 14.0. The van der Waals surface area contributed by atoms with E-state index in [2.05, 4.69) is 76.9 Å². The number of halogens is 1. The van der Waals surface area contributed by atoms with Gasteiger partial charge in [-0.3, -0.25) is 9.69 Å². The first-order chi connectivity index (χ1) is 19.1. The molecule has 0 bridgehead atoms. The third kappa shape index (κ3) is 8.01. The third-order valence-corrected chi connectivity index (χ3v) is 8.59. The van der Waals surface area contributed by atoms with Crippen molar-refractivity contribution in [3.8, 4) is 0 Å². The molecular formula is C33H36ClN3OS. The number of amides is 1. The Morgan fingerprint density at radius 1 is 0.923 bits per heavy atom. The number of nitrogens with zero attached hydrogens (tertiary/aromatic N) is 2. The lowest BCUT2D eigenvalue weighted by Gasteiger charge is -2.25. The average molecular weight is 558 g/mol. The van der Waals surface area contributed by atoms with Gasteiger partial charge in [0.1, 0.15) is 10.7 Å². The molecular weight excluding hydrogens is 522 g/mol. The zero-order chi connectivity index (χ0) is 26.9. The zero-order valence-corrected chi connectivity index (χ0v) is 23.8. The van der Waals surface area contributed by atoms with E-state index in [1.165, 1.54) is 36.0 Å². The number of benzene rings is 3. The molecule has 0 spiro atoms. The fraction of sp³-hybridized carbons (Fsp3) is 0.333. The van der Waals surface area contributed by atoms with Crippen molar-refractivity contribution in [2.24, 2.45) is 0 Å². The first-order valence-corrected chi connectivity index (χ1v) is 15.2. The SMILES string of the molecule is O=C(NC1CCCCC1)c1csc(CN(CCC(c2ccccc2)c2ccccc2)Cc2cccc(Cl)c2)n1. The van der Waals surface area contributed by atoms with Crippen LogP contribution in [0.1, 0.15) is 76.6 Å². The molecule has 0 saturated heterocycles. The van der Waals surface area contributed by atoms with Crippen LogP contribution in [0.15, 0.2) is 90.3 Å². The summed E-state index contributed by atoms with van der Waals surface area (Å²) >= 11 is 7.89. The summed E-state index contributed by atoms with van der Waals surface area (Å²) < 4.78 is 0. The van der Waals surface area contributed by atoms with Crippen molar-refractivity contribution in [3.63, 3.8) is 0 Å². The van der Waals surface area contributed by atoms with Gasteiger partial charge < -0.3 is 5.32 Å². The van der Waals surface area contributed by atoms with Crippen LogP contribution in [0.5, 0.6) is 0 Å². The minimum absolute atomic E-state index is 0.0426.